The van der Waals surface area contributed by atoms with Crippen molar-refractivity contribution in [1.82, 2.24) is 15.2 Å². The number of benzene rings is 2. The van der Waals surface area contributed by atoms with Gasteiger partial charge < -0.3 is 4.74 Å². The van der Waals surface area contributed by atoms with Crippen LogP contribution in [0.5, 0.6) is 5.88 Å². The van der Waals surface area contributed by atoms with Gasteiger partial charge in [0.1, 0.15) is 0 Å². The van der Waals surface area contributed by atoms with Gasteiger partial charge in [0.2, 0.25) is 23.2 Å². The molecule has 2 heterocycles. The number of ether oxygens (including phenoxy) is 1. The molecule has 6 nitrogen and oxygen atoms in total. The van der Waals surface area contributed by atoms with Crippen LogP contribution in [0.1, 0.15) is 51.3 Å². The van der Waals surface area contributed by atoms with Crippen LogP contribution in [0, 0.1) is 0 Å². The van der Waals surface area contributed by atoms with Crippen LogP contribution in [0.4, 0.5) is 5.69 Å². The Morgan fingerprint density at radius 1 is 1.09 bits per heavy atom. The summed E-state index contributed by atoms with van der Waals surface area (Å²) >= 11 is 14.4. The normalized spacial score (nSPS) is 14.8. The number of halogens is 2. The van der Waals surface area contributed by atoms with E-state index in [1.54, 1.807) is 34.9 Å². The molecule has 0 unspecified atom stereocenters. The van der Waals surface area contributed by atoms with E-state index in [2.05, 4.69) is 22.1 Å². The molecule has 0 aliphatic carbocycles. The van der Waals surface area contributed by atoms with Gasteiger partial charge >= 0.3 is 0 Å². The van der Waals surface area contributed by atoms with Crippen LogP contribution in [-0.4, -0.2) is 26.8 Å². The Labute approximate surface area is 207 Å². The van der Waals surface area contributed by atoms with Crippen LogP contribution < -0.4 is 9.64 Å². The van der Waals surface area contributed by atoms with Crippen molar-refractivity contribution in [2.24, 2.45) is 0 Å². The van der Waals surface area contributed by atoms with Crippen LogP contribution in [0.25, 0.3) is 11.3 Å². The molecule has 0 fully saturated rings. The van der Waals surface area contributed by atoms with E-state index in [4.69, 9.17) is 27.9 Å². The van der Waals surface area contributed by atoms with Crippen LogP contribution in [0.3, 0.4) is 0 Å². The summed E-state index contributed by atoms with van der Waals surface area (Å²) in [6, 6.07) is 12.7. The number of hydrogen-bond acceptors (Lipinski definition) is 6. The SMILES string of the molecule is CCCCCCSc1nnc2c(n1)O[C@@H](c1cccc(Cl)c1Cl)N(C(C)=O)c1ccccc1-2. The molecule has 0 radical (unpaired) electrons. The topological polar surface area (TPSA) is 68.2 Å². The minimum atomic E-state index is -0.866. The van der Waals surface area contributed by atoms with E-state index in [-0.39, 0.29) is 5.91 Å². The lowest BCUT2D eigenvalue weighted by Crippen LogP contribution is -2.36. The Kier molecular flexibility index (Phi) is 7.73. The van der Waals surface area contributed by atoms with Gasteiger partial charge in [-0.05, 0) is 18.6 Å². The highest BCUT2D eigenvalue weighted by Crippen LogP contribution is 2.45. The Balaban J connectivity index is 1.78. The lowest BCUT2D eigenvalue weighted by molar-refractivity contribution is -0.118. The molecule has 4 rings (SSSR count). The first-order chi connectivity index (χ1) is 16.0. The van der Waals surface area contributed by atoms with E-state index in [1.807, 2.05) is 24.3 Å². The summed E-state index contributed by atoms with van der Waals surface area (Å²) in [5, 5.41) is 10.0. The third-order valence-electron chi connectivity index (χ3n) is 5.33. The van der Waals surface area contributed by atoms with Gasteiger partial charge in [0.15, 0.2) is 5.69 Å². The number of carbonyl (C=O) groups excluding carboxylic acids is 1. The fourth-order valence-corrected chi connectivity index (χ4v) is 4.90. The number of carbonyl (C=O) groups is 1. The molecule has 2 aromatic carbocycles. The second-order valence-electron chi connectivity index (χ2n) is 7.68. The molecule has 9 heteroatoms. The van der Waals surface area contributed by atoms with Crippen molar-refractivity contribution < 1.29 is 9.53 Å². The molecule has 1 amide bonds. The van der Waals surface area contributed by atoms with Gasteiger partial charge in [-0.25, -0.2) is 0 Å². The largest absolute Gasteiger partial charge is 0.447 e. The van der Waals surface area contributed by atoms with Crippen LogP contribution in [0.2, 0.25) is 10.0 Å². The number of para-hydroxylation sites is 1. The molecule has 0 N–H and O–H groups in total. The lowest BCUT2D eigenvalue weighted by Gasteiger charge is -2.30. The number of anilines is 1. The average molecular weight is 503 g/mol. The van der Waals surface area contributed by atoms with E-state index < -0.39 is 6.23 Å². The Morgan fingerprint density at radius 2 is 1.91 bits per heavy atom. The first kappa shape index (κ1) is 23.8. The molecule has 0 spiro atoms. The summed E-state index contributed by atoms with van der Waals surface area (Å²) in [6.07, 6.45) is 3.80. The first-order valence-corrected chi connectivity index (χ1v) is 12.6. The molecule has 0 bridgehead atoms. The summed E-state index contributed by atoms with van der Waals surface area (Å²) in [6.45, 7) is 3.67. The summed E-state index contributed by atoms with van der Waals surface area (Å²) in [5.74, 6) is 0.994. The molecule has 3 aromatic rings. The van der Waals surface area contributed by atoms with Gasteiger partial charge in [-0.2, -0.15) is 4.98 Å². The fraction of sp³-hybridized carbons (Fsp3) is 0.333. The summed E-state index contributed by atoms with van der Waals surface area (Å²) in [4.78, 5) is 19.1. The number of unbranched alkanes of at least 4 members (excludes halogenated alkanes) is 3. The fourth-order valence-electron chi connectivity index (χ4n) is 3.72. The number of aromatic nitrogens is 3. The average Bonchev–Trinajstić information content (AvgIpc) is 2.95. The van der Waals surface area contributed by atoms with E-state index in [1.165, 1.54) is 26.2 Å². The van der Waals surface area contributed by atoms with Crippen molar-refractivity contribution in [3.05, 3.63) is 58.1 Å². The van der Waals surface area contributed by atoms with Crippen LogP contribution >= 0.6 is 35.0 Å². The van der Waals surface area contributed by atoms with E-state index in [9.17, 15) is 4.79 Å². The summed E-state index contributed by atoms with van der Waals surface area (Å²) in [7, 11) is 0. The maximum Gasteiger partial charge on any atom is 0.247 e. The van der Waals surface area contributed by atoms with Gasteiger partial charge in [0.05, 0.1) is 15.7 Å². The molecule has 172 valence electrons. The van der Waals surface area contributed by atoms with Crippen molar-refractivity contribution in [3.63, 3.8) is 0 Å². The molecule has 0 saturated heterocycles. The van der Waals surface area contributed by atoms with Crippen molar-refractivity contribution in [1.29, 1.82) is 0 Å². The monoisotopic (exact) mass is 502 g/mol. The third kappa shape index (κ3) is 5.10. The van der Waals surface area contributed by atoms with Gasteiger partial charge in [0.25, 0.3) is 0 Å². The zero-order chi connectivity index (χ0) is 23.4. The zero-order valence-corrected chi connectivity index (χ0v) is 20.8. The van der Waals surface area contributed by atoms with Crippen molar-refractivity contribution in [2.75, 3.05) is 10.7 Å². The minimum Gasteiger partial charge on any atom is -0.447 e. The zero-order valence-electron chi connectivity index (χ0n) is 18.4. The van der Waals surface area contributed by atoms with Crippen molar-refractivity contribution in [3.8, 4) is 17.1 Å². The second-order valence-corrected chi connectivity index (χ2v) is 9.52. The number of amides is 1. The maximum atomic E-state index is 12.8. The predicted octanol–water partition coefficient (Wildman–Crippen LogP) is 6.96. The number of thioether (sulfide) groups is 1. The molecular formula is C24H24Cl2N4O2S. The van der Waals surface area contributed by atoms with E-state index >= 15 is 0 Å². The Morgan fingerprint density at radius 3 is 2.70 bits per heavy atom. The molecule has 1 aliphatic rings. The highest BCUT2D eigenvalue weighted by Gasteiger charge is 2.35. The predicted molar refractivity (Wildman–Crippen MR) is 133 cm³/mol. The molecule has 1 aromatic heterocycles. The highest BCUT2D eigenvalue weighted by molar-refractivity contribution is 7.99. The molecule has 1 atom stereocenters. The number of nitrogens with zero attached hydrogens (tertiary/aromatic N) is 4. The van der Waals surface area contributed by atoms with Gasteiger partial charge in [-0.15, -0.1) is 10.2 Å². The number of hydrogen-bond donors (Lipinski definition) is 0. The van der Waals surface area contributed by atoms with Gasteiger partial charge in [-0.3, -0.25) is 9.69 Å². The van der Waals surface area contributed by atoms with Crippen molar-refractivity contribution in [2.45, 2.75) is 50.9 Å². The van der Waals surface area contributed by atoms with Crippen LogP contribution in [-0.2, 0) is 4.79 Å². The Hall–Kier alpha value is -2.35. The van der Waals surface area contributed by atoms with E-state index in [0.717, 1.165) is 12.2 Å². The summed E-state index contributed by atoms with van der Waals surface area (Å²) < 4.78 is 6.36. The number of rotatable bonds is 7. The smallest absolute Gasteiger partial charge is 0.247 e. The molecular weight excluding hydrogens is 479 g/mol. The Bertz CT molecular complexity index is 1160. The standard InChI is InChI=1S/C24H24Cl2N4O2S/c1-3-4-5-8-14-33-24-27-22-21(28-29-24)16-10-6-7-13-19(16)30(15(2)31)23(32-22)17-11-9-12-18(25)20(17)26/h6-7,9-13,23H,3-5,8,14H2,1-2H3/t23-/m0/s1. The molecule has 0 saturated carbocycles. The highest BCUT2D eigenvalue weighted by atomic mass is 35.5. The maximum absolute atomic E-state index is 12.8. The molecule has 33 heavy (non-hydrogen) atoms. The van der Waals surface area contributed by atoms with E-state index in [0.29, 0.717) is 43.6 Å². The van der Waals surface area contributed by atoms with Gasteiger partial charge in [0, 0.05) is 23.8 Å². The second kappa shape index (κ2) is 10.7. The number of fused-ring (bicyclic) bond motifs is 3. The third-order valence-corrected chi connectivity index (χ3v) is 7.09. The quantitative estimate of drug-likeness (QED) is 0.256. The van der Waals surface area contributed by atoms with Crippen LogP contribution in [0.15, 0.2) is 47.6 Å². The van der Waals surface area contributed by atoms with Gasteiger partial charge in [-0.1, -0.05) is 91.5 Å². The lowest BCUT2D eigenvalue weighted by atomic mass is 10.1. The summed E-state index contributed by atoms with van der Waals surface area (Å²) in [5.41, 5.74) is 2.39. The van der Waals surface area contributed by atoms with Crippen molar-refractivity contribution >= 4 is 46.6 Å². The molecule has 1 aliphatic heterocycles. The first-order valence-electron chi connectivity index (χ1n) is 10.9. The minimum absolute atomic E-state index is 0.213.